The summed E-state index contributed by atoms with van der Waals surface area (Å²) < 4.78 is 42.4. The first kappa shape index (κ1) is 16.0. The number of furan rings is 1. The van der Waals surface area contributed by atoms with Gasteiger partial charge in [0.2, 0.25) is 23.6 Å². The van der Waals surface area contributed by atoms with Crippen LogP contribution in [-0.4, -0.2) is 38.4 Å². The number of alkyl halides is 3. The summed E-state index contributed by atoms with van der Waals surface area (Å²) in [4.78, 5) is 28.6. The van der Waals surface area contributed by atoms with Crippen molar-refractivity contribution in [3.8, 4) is 0 Å². The molecule has 8 nitrogen and oxygen atoms in total. The van der Waals surface area contributed by atoms with Crippen molar-refractivity contribution >= 4 is 17.8 Å². The highest BCUT2D eigenvalue weighted by Gasteiger charge is 2.37. The van der Waals surface area contributed by atoms with Gasteiger partial charge in [-0.05, 0) is 12.1 Å². The summed E-state index contributed by atoms with van der Waals surface area (Å²) in [6.45, 7) is 0.371. The molecule has 0 aromatic carbocycles. The highest BCUT2D eigenvalue weighted by Crippen LogP contribution is 2.26. The van der Waals surface area contributed by atoms with Crippen molar-refractivity contribution in [3.05, 3.63) is 30.0 Å². The molecule has 24 heavy (non-hydrogen) atoms. The van der Waals surface area contributed by atoms with Crippen molar-refractivity contribution in [2.45, 2.75) is 19.1 Å². The number of anilines is 1. The minimum absolute atomic E-state index is 0.0386. The quantitative estimate of drug-likeness (QED) is 0.873. The number of likely N-dealkylation sites (tertiary alicyclic amines) is 1. The molecule has 1 aliphatic rings. The fourth-order valence-electron chi connectivity index (χ4n) is 2.35. The maximum absolute atomic E-state index is 12.4. The largest absolute Gasteiger partial charge is 0.467 e. The van der Waals surface area contributed by atoms with Gasteiger partial charge in [-0.2, -0.15) is 18.2 Å². The maximum Gasteiger partial charge on any atom is 0.451 e. The molecule has 2 aromatic rings. The number of carbonyl (C=O) groups excluding carboxylic acids is 2. The van der Waals surface area contributed by atoms with Gasteiger partial charge in [0.1, 0.15) is 5.76 Å². The van der Waals surface area contributed by atoms with Crippen LogP contribution in [0.2, 0.25) is 0 Å². The molecule has 11 heteroatoms. The fraction of sp³-hybridized carbons (Fsp3) is 0.385. The third kappa shape index (κ3) is 3.39. The lowest BCUT2D eigenvalue weighted by atomic mass is 10.1. The van der Waals surface area contributed by atoms with Crippen LogP contribution in [0.3, 0.4) is 0 Å². The smallest absolute Gasteiger partial charge is 0.451 e. The van der Waals surface area contributed by atoms with E-state index in [0.29, 0.717) is 5.76 Å². The molecule has 0 radical (unpaired) electrons. The first-order valence-electron chi connectivity index (χ1n) is 6.93. The van der Waals surface area contributed by atoms with E-state index in [1.165, 1.54) is 11.2 Å². The maximum atomic E-state index is 12.4. The zero-order valence-corrected chi connectivity index (χ0v) is 12.1. The Labute approximate surface area is 133 Å². The Morgan fingerprint density at radius 3 is 2.92 bits per heavy atom. The van der Waals surface area contributed by atoms with Crippen LogP contribution in [0.25, 0.3) is 0 Å². The highest BCUT2D eigenvalue weighted by atomic mass is 19.4. The first-order chi connectivity index (χ1) is 11.3. The second-order valence-electron chi connectivity index (χ2n) is 5.25. The topological polar surface area (TPSA) is 104 Å². The summed E-state index contributed by atoms with van der Waals surface area (Å²) in [7, 11) is 0. The monoisotopic (exact) mass is 343 g/mol. The average molecular weight is 343 g/mol. The van der Waals surface area contributed by atoms with E-state index in [1.54, 1.807) is 17.2 Å². The molecule has 1 saturated heterocycles. The van der Waals surface area contributed by atoms with Gasteiger partial charge in [0.05, 0.1) is 18.7 Å². The van der Waals surface area contributed by atoms with Crippen molar-refractivity contribution in [1.82, 2.24) is 20.1 Å². The molecule has 1 atom stereocenters. The lowest BCUT2D eigenvalue weighted by Crippen LogP contribution is -2.28. The van der Waals surface area contributed by atoms with E-state index in [-0.39, 0.29) is 25.4 Å². The lowest BCUT2D eigenvalue weighted by Gasteiger charge is -2.14. The Morgan fingerprint density at radius 1 is 1.50 bits per heavy atom. The lowest BCUT2D eigenvalue weighted by molar-refractivity contribution is -0.144. The Bertz CT molecular complexity index is 740. The number of halogens is 3. The van der Waals surface area contributed by atoms with Crippen LogP contribution in [-0.2, 0) is 22.3 Å². The number of hydrogen-bond donors (Lipinski definition) is 2. The third-order valence-electron chi connectivity index (χ3n) is 3.50. The zero-order chi connectivity index (χ0) is 17.3. The van der Waals surface area contributed by atoms with Crippen LogP contribution < -0.4 is 5.32 Å². The van der Waals surface area contributed by atoms with Crippen molar-refractivity contribution in [1.29, 1.82) is 0 Å². The third-order valence-corrected chi connectivity index (χ3v) is 3.50. The molecule has 0 saturated carbocycles. The number of aromatic amines is 1. The number of carbonyl (C=O) groups is 2. The predicted molar refractivity (Wildman–Crippen MR) is 72.2 cm³/mol. The van der Waals surface area contributed by atoms with Crippen molar-refractivity contribution in [3.63, 3.8) is 0 Å². The Kier molecular flexibility index (Phi) is 3.99. The normalized spacial score (nSPS) is 18.2. The van der Waals surface area contributed by atoms with Gasteiger partial charge in [0.15, 0.2) is 0 Å². The SMILES string of the molecule is O=C(Nc1n[nH]c(C(F)(F)F)n1)C1CC(=O)N(Cc2ccco2)C1. The summed E-state index contributed by atoms with van der Waals surface area (Å²) >= 11 is 0. The molecular weight excluding hydrogens is 331 g/mol. The van der Waals surface area contributed by atoms with E-state index in [1.807, 2.05) is 0 Å². The van der Waals surface area contributed by atoms with Crippen molar-refractivity contribution in [2.24, 2.45) is 5.92 Å². The number of rotatable bonds is 4. The molecule has 0 bridgehead atoms. The van der Waals surface area contributed by atoms with Crippen LogP contribution in [0.4, 0.5) is 19.1 Å². The molecule has 3 heterocycles. The minimum atomic E-state index is -4.68. The average Bonchev–Trinajstić information content (AvgIpc) is 3.21. The molecule has 2 aromatic heterocycles. The fourth-order valence-corrected chi connectivity index (χ4v) is 2.35. The van der Waals surface area contributed by atoms with Crippen LogP contribution in [0.5, 0.6) is 0 Å². The summed E-state index contributed by atoms with van der Waals surface area (Å²) in [6.07, 6.45) is -3.25. The highest BCUT2D eigenvalue weighted by molar-refractivity contribution is 5.96. The summed E-state index contributed by atoms with van der Waals surface area (Å²) in [5, 5.41) is 7.17. The summed E-state index contributed by atoms with van der Waals surface area (Å²) in [5.41, 5.74) is 0. The molecule has 128 valence electrons. The van der Waals surface area contributed by atoms with E-state index in [9.17, 15) is 22.8 Å². The van der Waals surface area contributed by atoms with Gasteiger partial charge in [-0.25, -0.2) is 0 Å². The number of aromatic nitrogens is 3. The number of nitrogens with one attached hydrogen (secondary N) is 2. The molecule has 0 spiro atoms. The van der Waals surface area contributed by atoms with E-state index in [2.05, 4.69) is 15.4 Å². The van der Waals surface area contributed by atoms with Gasteiger partial charge in [-0.3, -0.25) is 20.0 Å². The molecule has 0 aliphatic carbocycles. The van der Waals surface area contributed by atoms with Crippen molar-refractivity contribution in [2.75, 3.05) is 11.9 Å². The predicted octanol–water partition coefficient (Wildman–Crippen LogP) is 1.40. The van der Waals surface area contributed by atoms with E-state index in [0.717, 1.165) is 0 Å². The standard InChI is InChI=1S/C13H12F3N5O3/c14-13(15,16)11-18-12(20-19-11)17-10(23)7-4-9(22)21(5-7)6-8-2-1-3-24-8/h1-3,7H,4-6H2,(H2,17,18,19,20,23). The van der Waals surface area contributed by atoms with Gasteiger partial charge in [-0.15, -0.1) is 5.10 Å². The Morgan fingerprint density at radius 2 is 2.29 bits per heavy atom. The molecule has 1 aliphatic heterocycles. The molecule has 1 unspecified atom stereocenters. The first-order valence-corrected chi connectivity index (χ1v) is 6.93. The molecule has 3 rings (SSSR count). The zero-order valence-electron chi connectivity index (χ0n) is 12.1. The number of H-pyrrole nitrogens is 1. The Balaban J connectivity index is 1.60. The van der Waals surface area contributed by atoms with Gasteiger partial charge in [0.25, 0.3) is 0 Å². The van der Waals surface area contributed by atoms with Crippen LogP contribution in [0.1, 0.15) is 18.0 Å². The molecule has 2 N–H and O–H groups in total. The number of amides is 2. The van der Waals surface area contributed by atoms with Gasteiger partial charge in [-0.1, -0.05) is 0 Å². The number of nitrogens with zero attached hydrogens (tertiary/aromatic N) is 3. The molecular formula is C13H12F3N5O3. The molecule has 1 fully saturated rings. The summed E-state index contributed by atoms with van der Waals surface area (Å²) in [5.74, 6) is -2.76. The van der Waals surface area contributed by atoms with Gasteiger partial charge >= 0.3 is 6.18 Å². The second-order valence-corrected chi connectivity index (χ2v) is 5.25. The second kappa shape index (κ2) is 5.98. The van der Waals surface area contributed by atoms with E-state index in [4.69, 9.17) is 4.42 Å². The van der Waals surface area contributed by atoms with E-state index >= 15 is 0 Å². The summed E-state index contributed by atoms with van der Waals surface area (Å²) in [6, 6.07) is 3.38. The van der Waals surface area contributed by atoms with Crippen LogP contribution in [0.15, 0.2) is 22.8 Å². The van der Waals surface area contributed by atoms with E-state index < -0.39 is 29.8 Å². The number of hydrogen-bond acceptors (Lipinski definition) is 5. The van der Waals surface area contributed by atoms with Gasteiger partial charge in [0, 0.05) is 13.0 Å². The minimum Gasteiger partial charge on any atom is -0.467 e. The Hall–Kier alpha value is -2.85. The van der Waals surface area contributed by atoms with Crippen molar-refractivity contribution < 1.29 is 27.2 Å². The van der Waals surface area contributed by atoms with Gasteiger partial charge < -0.3 is 9.32 Å². The molecule has 2 amide bonds. The van der Waals surface area contributed by atoms with Crippen LogP contribution >= 0.6 is 0 Å². The van der Waals surface area contributed by atoms with Crippen LogP contribution in [0, 0.1) is 5.92 Å².